The molecule has 0 aromatic heterocycles. The molecule has 1 atom stereocenters. The van der Waals surface area contributed by atoms with Gasteiger partial charge in [-0.2, -0.15) is 0 Å². The third-order valence-electron chi connectivity index (χ3n) is 2.17. The largest absolute Gasteiger partial charge is 0.478 e. The molecule has 0 spiro atoms. The molecule has 0 aliphatic rings. The molecule has 7 nitrogen and oxygen atoms in total. The van der Waals surface area contributed by atoms with Crippen molar-refractivity contribution >= 4 is 19.5 Å². The van der Waals surface area contributed by atoms with Gasteiger partial charge in [-0.3, -0.25) is 9.36 Å². The van der Waals surface area contributed by atoms with Crippen molar-refractivity contribution in [1.29, 1.82) is 0 Å². The van der Waals surface area contributed by atoms with Crippen molar-refractivity contribution in [1.82, 2.24) is 0 Å². The lowest BCUT2D eigenvalue weighted by Gasteiger charge is -2.33. The average Bonchev–Trinajstić information content (AvgIpc) is 2.25. The van der Waals surface area contributed by atoms with Crippen LogP contribution in [0.3, 0.4) is 0 Å². The number of carboxylic acid groups (broad SMARTS) is 1. The third-order valence-corrected chi connectivity index (χ3v) is 4.85. The normalized spacial score (nSPS) is 14.9. The van der Waals surface area contributed by atoms with E-state index in [0.29, 0.717) is 0 Å². The summed E-state index contributed by atoms with van der Waals surface area (Å²) < 4.78 is 27.2. The molecule has 0 heterocycles. The minimum absolute atomic E-state index is 0.0203. The maximum Gasteiger partial charge on any atom is 0.385 e. The van der Waals surface area contributed by atoms with Crippen LogP contribution in [0.5, 0.6) is 0 Å². The summed E-state index contributed by atoms with van der Waals surface area (Å²) in [6.45, 7) is 5.52. The van der Waals surface area contributed by atoms with Crippen LogP contribution in [0.1, 0.15) is 34.1 Å². The summed E-state index contributed by atoms with van der Waals surface area (Å²) in [7, 11) is -4.11. The van der Waals surface area contributed by atoms with E-state index in [1.54, 1.807) is 13.8 Å². The van der Waals surface area contributed by atoms with Gasteiger partial charge in [0.25, 0.3) is 0 Å². The van der Waals surface area contributed by atoms with Gasteiger partial charge < -0.3 is 18.9 Å². The van der Waals surface area contributed by atoms with Crippen LogP contribution in [-0.2, 0) is 27.9 Å². The Hall–Kier alpha value is -0.910. The Kier molecular flexibility index (Phi) is 6.52. The van der Waals surface area contributed by atoms with E-state index in [4.69, 9.17) is 13.8 Å². The summed E-state index contributed by atoms with van der Waals surface area (Å²) >= 11 is 0. The number of hydrogen-bond acceptors (Lipinski definition) is 6. The Morgan fingerprint density at radius 2 is 1.61 bits per heavy atom. The lowest BCUT2D eigenvalue weighted by molar-refractivity contribution is -0.169. The average molecular weight is 282 g/mol. The standard InChI is InChI=1S/C10H19O7P/c1-5-10(9(12)13,17-8(4)11)18(14,15-6-2)16-7-3/h5-7H2,1-4H3,(H,12,13). The fourth-order valence-electron chi connectivity index (χ4n) is 1.46. The molecule has 0 amide bonds. The first-order valence-corrected chi connectivity index (χ1v) is 7.16. The van der Waals surface area contributed by atoms with Crippen molar-refractivity contribution < 1.29 is 33.0 Å². The summed E-state index contributed by atoms with van der Waals surface area (Å²) in [6, 6.07) is 0. The maximum atomic E-state index is 12.5. The molecule has 0 aromatic carbocycles. The van der Waals surface area contributed by atoms with Gasteiger partial charge in [-0.05, 0) is 13.8 Å². The second-order valence-electron chi connectivity index (χ2n) is 3.37. The number of aliphatic carboxylic acids is 1. The third kappa shape index (κ3) is 3.31. The van der Waals surface area contributed by atoms with E-state index in [1.165, 1.54) is 6.92 Å². The highest BCUT2D eigenvalue weighted by Gasteiger charge is 2.59. The molecule has 106 valence electrons. The smallest absolute Gasteiger partial charge is 0.385 e. The number of rotatable bonds is 8. The van der Waals surface area contributed by atoms with Gasteiger partial charge in [-0.25, -0.2) is 4.79 Å². The number of ether oxygens (including phenoxy) is 1. The predicted molar refractivity (Wildman–Crippen MR) is 63.3 cm³/mol. The summed E-state index contributed by atoms with van der Waals surface area (Å²) in [4.78, 5) is 22.4. The number of esters is 1. The van der Waals surface area contributed by atoms with Gasteiger partial charge >= 0.3 is 24.9 Å². The molecule has 0 aliphatic carbocycles. The first-order chi connectivity index (χ1) is 8.29. The molecule has 0 bridgehead atoms. The number of carbonyl (C=O) groups is 2. The second-order valence-corrected chi connectivity index (χ2v) is 5.60. The van der Waals surface area contributed by atoms with Crippen LogP contribution in [-0.4, -0.2) is 35.6 Å². The highest BCUT2D eigenvalue weighted by atomic mass is 31.2. The van der Waals surface area contributed by atoms with Gasteiger partial charge in [0, 0.05) is 13.3 Å². The van der Waals surface area contributed by atoms with E-state index in [1.807, 2.05) is 0 Å². The molecule has 0 saturated carbocycles. The zero-order valence-corrected chi connectivity index (χ0v) is 11.9. The van der Waals surface area contributed by atoms with Gasteiger partial charge in [-0.15, -0.1) is 0 Å². The van der Waals surface area contributed by atoms with Gasteiger partial charge in [0.05, 0.1) is 13.2 Å². The quantitative estimate of drug-likeness (QED) is 0.537. The Morgan fingerprint density at radius 1 is 1.17 bits per heavy atom. The molecule has 0 rings (SSSR count). The summed E-state index contributed by atoms with van der Waals surface area (Å²) in [5, 5.41) is 6.95. The fraction of sp³-hybridized carbons (Fsp3) is 0.800. The second kappa shape index (κ2) is 6.87. The minimum atomic E-state index is -4.11. The SMILES string of the molecule is CCOP(=O)(OCC)C(CC)(OC(C)=O)C(=O)O. The zero-order chi connectivity index (χ0) is 14.4. The number of carbonyl (C=O) groups excluding carboxylic acids is 1. The molecule has 1 unspecified atom stereocenters. The van der Waals surface area contributed by atoms with Crippen LogP contribution in [0.4, 0.5) is 0 Å². The minimum Gasteiger partial charge on any atom is -0.478 e. The van der Waals surface area contributed by atoms with E-state index >= 15 is 0 Å². The maximum absolute atomic E-state index is 12.5. The molecule has 0 fully saturated rings. The number of carboxylic acids is 1. The molecule has 0 saturated heterocycles. The van der Waals surface area contributed by atoms with Gasteiger partial charge in [-0.1, -0.05) is 6.92 Å². The van der Waals surface area contributed by atoms with Crippen molar-refractivity contribution in [3.05, 3.63) is 0 Å². The highest BCUT2D eigenvalue weighted by Crippen LogP contribution is 2.62. The van der Waals surface area contributed by atoms with Crippen molar-refractivity contribution in [3.63, 3.8) is 0 Å². The Bertz CT molecular complexity index is 344. The molecule has 0 radical (unpaired) electrons. The van der Waals surface area contributed by atoms with Gasteiger partial charge in [0.1, 0.15) is 0 Å². The Morgan fingerprint density at radius 3 is 1.83 bits per heavy atom. The van der Waals surface area contributed by atoms with Crippen LogP contribution in [0, 0.1) is 0 Å². The fourth-order valence-corrected chi connectivity index (χ4v) is 3.49. The predicted octanol–water partition coefficient (Wildman–Crippen LogP) is 2.01. The van der Waals surface area contributed by atoms with Crippen LogP contribution < -0.4 is 0 Å². The summed E-state index contributed by atoms with van der Waals surface area (Å²) in [6.07, 6.45) is -0.223. The lowest BCUT2D eigenvalue weighted by Crippen LogP contribution is -2.43. The molecule has 8 heteroatoms. The zero-order valence-electron chi connectivity index (χ0n) is 11.0. The van der Waals surface area contributed by atoms with E-state index in [9.17, 15) is 19.3 Å². The van der Waals surface area contributed by atoms with Crippen LogP contribution in [0.15, 0.2) is 0 Å². The Labute approximate surface area is 106 Å². The molecular weight excluding hydrogens is 263 g/mol. The first kappa shape index (κ1) is 17.1. The lowest BCUT2D eigenvalue weighted by atomic mass is 10.3. The topological polar surface area (TPSA) is 99.1 Å². The molecule has 1 N–H and O–H groups in total. The van der Waals surface area contributed by atoms with E-state index in [2.05, 4.69) is 0 Å². The van der Waals surface area contributed by atoms with Crippen molar-refractivity contribution in [2.24, 2.45) is 0 Å². The molecule has 18 heavy (non-hydrogen) atoms. The number of hydrogen-bond donors (Lipinski definition) is 1. The van der Waals surface area contributed by atoms with Gasteiger partial charge in [0.15, 0.2) is 0 Å². The highest BCUT2D eigenvalue weighted by molar-refractivity contribution is 7.56. The van der Waals surface area contributed by atoms with Crippen molar-refractivity contribution in [2.45, 2.75) is 39.5 Å². The Balaban J connectivity index is 5.68. The molecule has 0 aromatic rings. The van der Waals surface area contributed by atoms with Crippen LogP contribution >= 0.6 is 7.60 Å². The van der Waals surface area contributed by atoms with Crippen molar-refractivity contribution in [3.8, 4) is 0 Å². The van der Waals surface area contributed by atoms with Crippen molar-refractivity contribution in [2.75, 3.05) is 13.2 Å². The van der Waals surface area contributed by atoms with E-state index in [-0.39, 0.29) is 19.6 Å². The van der Waals surface area contributed by atoms with Gasteiger partial charge in [0.2, 0.25) is 0 Å². The van der Waals surface area contributed by atoms with Crippen LogP contribution in [0.25, 0.3) is 0 Å². The first-order valence-electron chi connectivity index (χ1n) is 5.61. The van der Waals surface area contributed by atoms with Crippen LogP contribution in [0.2, 0.25) is 0 Å². The molecule has 0 aliphatic heterocycles. The summed E-state index contributed by atoms with van der Waals surface area (Å²) in [5.74, 6) is -2.41. The monoisotopic (exact) mass is 282 g/mol. The van der Waals surface area contributed by atoms with E-state index < -0.39 is 24.9 Å². The molecular formula is C10H19O7P. The van der Waals surface area contributed by atoms with E-state index in [0.717, 1.165) is 6.92 Å². The summed E-state index contributed by atoms with van der Waals surface area (Å²) in [5.41, 5.74) is 0.